The minimum atomic E-state index is -0.00487. The molecule has 0 aromatic heterocycles. The summed E-state index contributed by atoms with van der Waals surface area (Å²) in [6.07, 6.45) is 2.77. The first-order valence-corrected chi connectivity index (χ1v) is 7.63. The molecule has 1 aromatic carbocycles. The number of hydrogen-bond acceptors (Lipinski definition) is 5. The van der Waals surface area contributed by atoms with Crippen LogP contribution in [-0.4, -0.2) is 49.1 Å². The normalized spacial score (nSPS) is 25.6. The van der Waals surface area contributed by atoms with Gasteiger partial charge in [0.2, 0.25) is 0 Å². The Morgan fingerprint density at radius 1 is 1.52 bits per heavy atom. The number of ketones is 1. The number of ether oxygens (including phenoxy) is 1. The molecule has 2 saturated heterocycles. The van der Waals surface area contributed by atoms with Crippen molar-refractivity contribution < 1.29 is 9.53 Å². The quantitative estimate of drug-likeness (QED) is 0.653. The third kappa shape index (κ3) is 3.19. The molecule has 0 amide bonds. The van der Waals surface area contributed by atoms with Gasteiger partial charge in [0.1, 0.15) is 0 Å². The molecular formula is C16H23N3O2. The first-order chi connectivity index (χ1) is 10.1. The van der Waals surface area contributed by atoms with Crippen molar-refractivity contribution in [3.63, 3.8) is 0 Å². The van der Waals surface area contributed by atoms with Crippen molar-refractivity contribution in [2.75, 3.05) is 37.3 Å². The fourth-order valence-corrected chi connectivity index (χ4v) is 3.23. The van der Waals surface area contributed by atoms with Crippen LogP contribution in [0.25, 0.3) is 0 Å². The van der Waals surface area contributed by atoms with Gasteiger partial charge in [-0.05, 0) is 44.5 Å². The topological polar surface area (TPSA) is 67.6 Å². The Hall–Kier alpha value is -1.59. The predicted octanol–water partition coefficient (Wildman–Crippen LogP) is 1.75. The number of morpholine rings is 1. The predicted molar refractivity (Wildman–Crippen MR) is 83.7 cm³/mol. The molecule has 21 heavy (non-hydrogen) atoms. The van der Waals surface area contributed by atoms with E-state index >= 15 is 0 Å². The van der Waals surface area contributed by atoms with E-state index in [2.05, 4.69) is 10.2 Å². The zero-order chi connectivity index (χ0) is 14.8. The molecule has 2 heterocycles. The maximum atomic E-state index is 11.4. The fraction of sp³-hybridized carbons (Fsp3) is 0.562. The molecule has 0 saturated carbocycles. The molecule has 2 unspecified atom stereocenters. The van der Waals surface area contributed by atoms with Crippen LogP contribution < -0.4 is 11.1 Å². The van der Waals surface area contributed by atoms with Gasteiger partial charge in [0.15, 0.2) is 5.78 Å². The number of nitrogen functional groups attached to an aromatic ring is 1. The lowest BCUT2D eigenvalue weighted by Gasteiger charge is -2.35. The molecule has 0 aliphatic carbocycles. The Labute approximate surface area is 125 Å². The van der Waals surface area contributed by atoms with E-state index in [0.29, 0.717) is 17.3 Å². The second-order valence-electron chi connectivity index (χ2n) is 5.99. The van der Waals surface area contributed by atoms with Gasteiger partial charge in [0.25, 0.3) is 0 Å². The maximum Gasteiger partial charge on any atom is 0.161 e. The van der Waals surface area contributed by atoms with Gasteiger partial charge in [-0.2, -0.15) is 0 Å². The summed E-state index contributed by atoms with van der Waals surface area (Å²) in [6.45, 7) is 5.34. The standard InChI is InChI=1S/C16H23N3O2/c1-11(20)15-5-4-12(7-16(15)17)18-8-14-9-19-6-2-3-13(19)10-21-14/h4-5,7,13-14,18H,2-3,6,8-10,17H2,1H3. The van der Waals surface area contributed by atoms with Crippen LogP contribution in [0, 0.1) is 0 Å². The summed E-state index contributed by atoms with van der Waals surface area (Å²) < 4.78 is 5.92. The molecule has 114 valence electrons. The number of Topliss-reactive ketones (excluding diaryl/α,β-unsaturated/α-hetero) is 1. The van der Waals surface area contributed by atoms with Crippen LogP contribution in [0.3, 0.4) is 0 Å². The Kier molecular flexibility index (Phi) is 4.12. The van der Waals surface area contributed by atoms with Crippen LogP contribution in [0.4, 0.5) is 11.4 Å². The molecule has 2 aliphatic rings. The molecule has 3 rings (SSSR count). The highest BCUT2D eigenvalue weighted by atomic mass is 16.5. The van der Waals surface area contributed by atoms with E-state index in [1.807, 2.05) is 12.1 Å². The summed E-state index contributed by atoms with van der Waals surface area (Å²) in [7, 11) is 0. The first-order valence-electron chi connectivity index (χ1n) is 7.63. The maximum absolute atomic E-state index is 11.4. The monoisotopic (exact) mass is 289 g/mol. The molecule has 2 fully saturated rings. The fourth-order valence-electron chi connectivity index (χ4n) is 3.23. The summed E-state index contributed by atoms with van der Waals surface area (Å²) >= 11 is 0. The Balaban J connectivity index is 1.55. The summed E-state index contributed by atoms with van der Waals surface area (Å²) in [5, 5.41) is 3.36. The molecule has 0 spiro atoms. The number of nitrogens with two attached hydrogens (primary N) is 1. The lowest BCUT2D eigenvalue weighted by Crippen LogP contribution is -2.48. The first kappa shape index (κ1) is 14.4. The number of hydrogen-bond donors (Lipinski definition) is 2. The van der Waals surface area contributed by atoms with Crippen LogP contribution in [-0.2, 0) is 4.74 Å². The minimum absolute atomic E-state index is 0.00487. The molecule has 5 heteroatoms. The number of carbonyl (C=O) groups excluding carboxylic acids is 1. The minimum Gasteiger partial charge on any atom is -0.398 e. The van der Waals surface area contributed by atoms with Gasteiger partial charge in [-0.15, -0.1) is 0 Å². The van der Waals surface area contributed by atoms with Crippen LogP contribution in [0.5, 0.6) is 0 Å². The molecule has 0 bridgehead atoms. The van der Waals surface area contributed by atoms with E-state index in [1.54, 1.807) is 6.07 Å². The SMILES string of the molecule is CC(=O)c1ccc(NCC2CN3CCCC3CO2)cc1N. The van der Waals surface area contributed by atoms with E-state index in [9.17, 15) is 4.79 Å². The van der Waals surface area contributed by atoms with E-state index in [0.717, 1.165) is 25.4 Å². The number of rotatable bonds is 4. The second-order valence-corrected chi connectivity index (χ2v) is 5.99. The number of nitrogens with zero attached hydrogens (tertiary/aromatic N) is 1. The average Bonchev–Trinajstić information content (AvgIpc) is 2.92. The van der Waals surface area contributed by atoms with E-state index in [1.165, 1.54) is 26.3 Å². The van der Waals surface area contributed by atoms with E-state index < -0.39 is 0 Å². The van der Waals surface area contributed by atoms with Crippen molar-refractivity contribution in [2.45, 2.75) is 31.9 Å². The highest BCUT2D eigenvalue weighted by molar-refractivity contribution is 5.99. The van der Waals surface area contributed by atoms with Crippen molar-refractivity contribution in [2.24, 2.45) is 0 Å². The number of nitrogens with one attached hydrogen (secondary N) is 1. The zero-order valence-electron chi connectivity index (χ0n) is 12.5. The molecule has 3 N–H and O–H groups in total. The number of benzene rings is 1. The Morgan fingerprint density at radius 2 is 2.38 bits per heavy atom. The largest absolute Gasteiger partial charge is 0.398 e. The highest BCUT2D eigenvalue weighted by Gasteiger charge is 2.31. The average molecular weight is 289 g/mol. The van der Waals surface area contributed by atoms with Gasteiger partial charge < -0.3 is 15.8 Å². The van der Waals surface area contributed by atoms with Crippen molar-refractivity contribution in [3.8, 4) is 0 Å². The van der Waals surface area contributed by atoms with Gasteiger partial charge in [-0.25, -0.2) is 0 Å². The van der Waals surface area contributed by atoms with Gasteiger partial charge in [-0.3, -0.25) is 9.69 Å². The smallest absolute Gasteiger partial charge is 0.161 e. The number of anilines is 2. The van der Waals surface area contributed by atoms with Crippen LogP contribution in [0.15, 0.2) is 18.2 Å². The summed E-state index contributed by atoms with van der Waals surface area (Å²) in [6, 6.07) is 6.12. The van der Waals surface area contributed by atoms with Crippen molar-refractivity contribution in [3.05, 3.63) is 23.8 Å². The van der Waals surface area contributed by atoms with Crippen LogP contribution in [0.1, 0.15) is 30.1 Å². The molecule has 2 atom stereocenters. The van der Waals surface area contributed by atoms with Crippen LogP contribution >= 0.6 is 0 Å². The van der Waals surface area contributed by atoms with Gasteiger partial charge >= 0.3 is 0 Å². The summed E-state index contributed by atoms with van der Waals surface area (Å²) in [5.74, 6) is -0.00487. The number of carbonyl (C=O) groups is 1. The molecule has 5 nitrogen and oxygen atoms in total. The molecule has 1 aromatic rings. The number of fused-ring (bicyclic) bond motifs is 1. The van der Waals surface area contributed by atoms with Crippen molar-refractivity contribution in [1.29, 1.82) is 0 Å². The molecule has 0 radical (unpaired) electrons. The van der Waals surface area contributed by atoms with Gasteiger partial charge in [-0.1, -0.05) is 0 Å². The molecule has 2 aliphatic heterocycles. The third-order valence-electron chi connectivity index (χ3n) is 4.43. The second kappa shape index (κ2) is 6.03. The van der Waals surface area contributed by atoms with Crippen molar-refractivity contribution in [1.82, 2.24) is 4.90 Å². The summed E-state index contributed by atoms with van der Waals surface area (Å²) in [4.78, 5) is 13.9. The lowest BCUT2D eigenvalue weighted by molar-refractivity contribution is -0.0415. The third-order valence-corrected chi connectivity index (χ3v) is 4.43. The Morgan fingerprint density at radius 3 is 3.14 bits per heavy atom. The summed E-state index contributed by atoms with van der Waals surface area (Å²) in [5.41, 5.74) is 7.94. The molecular weight excluding hydrogens is 266 g/mol. The Bertz CT molecular complexity index is 532. The zero-order valence-corrected chi connectivity index (χ0v) is 12.5. The van der Waals surface area contributed by atoms with Crippen LogP contribution in [0.2, 0.25) is 0 Å². The van der Waals surface area contributed by atoms with Gasteiger partial charge in [0.05, 0.1) is 12.7 Å². The lowest BCUT2D eigenvalue weighted by atomic mass is 10.1. The van der Waals surface area contributed by atoms with E-state index in [4.69, 9.17) is 10.5 Å². The highest BCUT2D eigenvalue weighted by Crippen LogP contribution is 2.23. The van der Waals surface area contributed by atoms with Crippen molar-refractivity contribution >= 4 is 17.2 Å². The van der Waals surface area contributed by atoms with Gasteiger partial charge in [0, 0.05) is 36.1 Å². The van der Waals surface area contributed by atoms with E-state index in [-0.39, 0.29) is 11.9 Å².